The van der Waals surface area contributed by atoms with Crippen LogP contribution in [-0.4, -0.2) is 60.0 Å². The second-order valence-electron chi connectivity index (χ2n) is 7.87. The first-order valence-electron chi connectivity index (χ1n) is 10.7. The fourth-order valence-corrected chi connectivity index (χ4v) is 4.02. The normalized spacial score (nSPS) is 15.6. The number of nitrogens with one attached hydrogen (secondary N) is 2. The van der Waals surface area contributed by atoms with Crippen molar-refractivity contribution in [2.45, 2.75) is 12.8 Å². The van der Waals surface area contributed by atoms with Crippen molar-refractivity contribution in [2.24, 2.45) is 0 Å². The molecule has 31 heavy (non-hydrogen) atoms. The molecule has 0 saturated carbocycles. The van der Waals surface area contributed by atoms with Gasteiger partial charge >= 0.3 is 0 Å². The summed E-state index contributed by atoms with van der Waals surface area (Å²) in [6, 6.07) is 17.9. The molecule has 1 aliphatic heterocycles. The number of benzene rings is 2. The number of anilines is 1. The van der Waals surface area contributed by atoms with Crippen molar-refractivity contribution in [1.82, 2.24) is 20.2 Å². The molecule has 1 aromatic heterocycles. The molecule has 2 aromatic carbocycles. The van der Waals surface area contributed by atoms with Gasteiger partial charge in [0, 0.05) is 67.4 Å². The average molecular weight is 438 g/mol. The number of amides is 1. The van der Waals surface area contributed by atoms with Crippen molar-refractivity contribution >= 4 is 23.2 Å². The molecule has 0 radical (unpaired) electrons. The van der Waals surface area contributed by atoms with Gasteiger partial charge in [0.05, 0.1) is 5.92 Å². The number of aromatic amines is 1. The maximum absolute atomic E-state index is 12.6. The van der Waals surface area contributed by atoms with Gasteiger partial charge in [-0.25, -0.2) is 4.98 Å². The van der Waals surface area contributed by atoms with E-state index in [1.807, 2.05) is 55.5 Å². The number of rotatable bonds is 7. The first-order valence-corrected chi connectivity index (χ1v) is 11.1. The number of hydrogen-bond acceptors (Lipinski definition) is 4. The number of imidazole rings is 1. The number of carbonyl (C=O) groups excluding carboxylic acids is 1. The Hall–Kier alpha value is -2.83. The van der Waals surface area contributed by atoms with E-state index in [1.54, 1.807) is 6.20 Å². The summed E-state index contributed by atoms with van der Waals surface area (Å²) < 4.78 is 0. The minimum atomic E-state index is -0.273. The lowest BCUT2D eigenvalue weighted by molar-refractivity contribution is -0.122. The van der Waals surface area contributed by atoms with Gasteiger partial charge in [0.1, 0.15) is 5.82 Å². The van der Waals surface area contributed by atoms with Crippen molar-refractivity contribution in [3.8, 4) is 11.4 Å². The van der Waals surface area contributed by atoms with E-state index >= 15 is 0 Å². The second-order valence-corrected chi connectivity index (χ2v) is 8.31. The Labute approximate surface area is 188 Å². The zero-order chi connectivity index (χ0) is 21.6. The lowest BCUT2D eigenvalue weighted by Gasteiger charge is -2.36. The van der Waals surface area contributed by atoms with Crippen LogP contribution in [0.15, 0.2) is 60.8 Å². The molecule has 0 aliphatic carbocycles. The highest BCUT2D eigenvalue weighted by Gasteiger charge is 2.20. The number of hydrogen-bond donors (Lipinski definition) is 2. The molecule has 1 saturated heterocycles. The standard InChI is InChI=1S/C24H28ClN5O/c1-18(22-17-27-23(28-22)19-6-3-2-4-7-19)24(31)26-10-11-29-12-14-30(15-13-29)21-9-5-8-20(25)16-21/h2-9,16-18H,10-15H2,1H3,(H,26,31)(H,27,28). The van der Waals surface area contributed by atoms with E-state index in [0.29, 0.717) is 6.54 Å². The van der Waals surface area contributed by atoms with Crippen LogP contribution in [0.4, 0.5) is 5.69 Å². The smallest absolute Gasteiger partial charge is 0.228 e. The number of nitrogens with zero attached hydrogens (tertiary/aromatic N) is 3. The molecule has 4 rings (SSSR count). The monoisotopic (exact) mass is 437 g/mol. The minimum Gasteiger partial charge on any atom is -0.369 e. The van der Waals surface area contributed by atoms with Crippen LogP contribution in [-0.2, 0) is 4.79 Å². The van der Waals surface area contributed by atoms with Crippen LogP contribution in [0.3, 0.4) is 0 Å². The van der Waals surface area contributed by atoms with Gasteiger partial charge in [0.25, 0.3) is 0 Å². The molecule has 7 heteroatoms. The van der Waals surface area contributed by atoms with Gasteiger partial charge < -0.3 is 15.2 Å². The Morgan fingerprint density at radius 3 is 2.65 bits per heavy atom. The van der Waals surface area contributed by atoms with Crippen LogP contribution in [0.25, 0.3) is 11.4 Å². The zero-order valence-corrected chi connectivity index (χ0v) is 18.5. The maximum atomic E-state index is 12.6. The molecular weight excluding hydrogens is 410 g/mol. The van der Waals surface area contributed by atoms with Gasteiger partial charge in [-0.1, -0.05) is 48.0 Å². The zero-order valence-electron chi connectivity index (χ0n) is 17.7. The summed E-state index contributed by atoms with van der Waals surface area (Å²) in [4.78, 5) is 25.0. The summed E-state index contributed by atoms with van der Waals surface area (Å²) >= 11 is 6.11. The number of H-pyrrole nitrogens is 1. The molecule has 1 aliphatic rings. The van der Waals surface area contributed by atoms with Crippen molar-refractivity contribution in [2.75, 3.05) is 44.2 Å². The highest BCUT2D eigenvalue weighted by atomic mass is 35.5. The van der Waals surface area contributed by atoms with Crippen LogP contribution in [0.2, 0.25) is 5.02 Å². The second kappa shape index (κ2) is 9.98. The molecule has 0 bridgehead atoms. The van der Waals surface area contributed by atoms with Gasteiger partial charge in [-0.2, -0.15) is 0 Å². The van der Waals surface area contributed by atoms with Crippen LogP contribution in [0, 0.1) is 0 Å². The van der Waals surface area contributed by atoms with Gasteiger partial charge in [0.2, 0.25) is 5.91 Å². The summed E-state index contributed by atoms with van der Waals surface area (Å²) in [5, 5.41) is 3.84. The van der Waals surface area contributed by atoms with Gasteiger partial charge in [0.15, 0.2) is 0 Å². The molecule has 2 N–H and O–H groups in total. The quantitative estimate of drug-likeness (QED) is 0.590. The Balaban J connectivity index is 1.21. The largest absolute Gasteiger partial charge is 0.369 e. The van der Waals surface area contributed by atoms with Gasteiger partial charge in [-0.3, -0.25) is 9.69 Å². The lowest BCUT2D eigenvalue weighted by atomic mass is 10.1. The molecular formula is C24H28ClN5O. The lowest BCUT2D eigenvalue weighted by Crippen LogP contribution is -2.48. The Bertz CT molecular complexity index is 998. The Morgan fingerprint density at radius 2 is 1.90 bits per heavy atom. The third kappa shape index (κ3) is 5.46. The average Bonchev–Trinajstić information content (AvgIpc) is 3.30. The van der Waals surface area contributed by atoms with Crippen molar-refractivity contribution < 1.29 is 4.79 Å². The SMILES string of the molecule is CC(C(=O)NCCN1CCN(c2cccc(Cl)c2)CC1)c1cnc(-c2ccccc2)[nH]1. The van der Waals surface area contributed by atoms with Crippen molar-refractivity contribution in [1.29, 1.82) is 0 Å². The van der Waals surface area contributed by atoms with Gasteiger partial charge in [-0.05, 0) is 25.1 Å². The third-order valence-corrected chi connectivity index (χ3v) is 6.01. The van der Waals surface area contributed by atoms with Crippen LogP contribution >= 0.6 is 11.6 Å². The van der Waals surface area contributed by atoms with Crippen LogP contribution in [0.1, 0.15) is 18.5 Å². The summed E-state index contributed by atoms with van der Waals surface area (Å²) in [7, 11) is 0. The predicted octanol–water partition coefficient (Wildman–Crippen LogP) is 3.77. The van der Waals surface area contributed by atoms with E-state index in [2.05, 4.69) is 31.2 Å². The maximum Gasteiger partial charge on any atom is 0.228 e. The number of aromatic nitrogens is 2. The predicted molar refractivity (Wildman–Crippen MR) is 126 cm³/mol. The highest BCUT2D eigenvalue weighted by Crippen LogP contribution is 2.21. The summed E-state index contributed by atoms with van der Waals surface area (Å²) in [6.07, 6.45) is 1.75. The van der Waals surface area contributed by atoms with E-state index in [1.165, 1.54) is 5.69 Å². The fraction of sp³-hybridized carbons (Fsp3) is 0.333. The number of halogens is 1. The molecule has 162 valence electrons. The third-order valence-electron chi connectivity index (χ3n) is 5.78. The van der Waals surface area contributed by atoms with Crippen molar-refractivity contribution in [3.63, 3.8) is 0 Å². The molecule has 1 amide bonds. The van der Waals surface area contributed by atoms with Crippen LogP contribution in [0.5, 0.6) is 0 Å². The molecule has 3 aromatic rings. The molecule has 6 nitrogen and oxygen atoms in total. The first-order chi connectivity index (χ1) is 15.1. The van der Waals surface area contributed by atoms with E-state index in [0.717, 1.165) is 54.8 Å². The summed E-state index contributed by atoms with van der Waals surface area (Å²) in [5.41, 5.74) is 3.01. The number of carbonyl (C=O) groups is 1. The van der Waals surface area contributed by atoms with E-state index in [4.69, 9.17) is 11.6 Å². The van der Waals surface area contributed by atoms with Crippen molar-refractivity contribution in [3.05, 3.63) is 71.5 Å². The minimum absolute atomic E-state index is 0.0147. The fourth-order valence-electron chi connectivity index (χ4n) is 3.83. The Kier molecular flexibility index (Phi) is 6.89. The van der Waals surface area contributed by atoms with Crippen LogP contribution < -0.4 is 10.2 Å². The Morgan fingerprint density at radius 1 is 1.13 bits per heavy atom. The molecule has 0 spiro atoms. The highest BCUT2D eigenvalue weighted by molar-refractivity contribution is 6.30. The summed E-state index contributed by atoms with van der Waals surface area (Å²) in [5.74, 6) is 0.526. The molecule has 2 heterocycles. The molecule has 1 unspecified atom stereocenters. The van der Waals surface area contributed by atoms with E-state index in [-0.39, 0.29) is 11.8 Å². The number of piperazine rings is 1. The van der Waals surface area contributed by atoms with Gasteiger partial charge in [-0.15, -0.1) is 0 Å². The van der Waals surface area contributed by atoms with E-state index < -0.39 is 0 Å². The summed E-state index contributed by atoms with van der Waals surface area (Å²) in [6.45, 7) is 7.25. The molecule has 1 fully saturated rings. The van der Waals surface area contributed by atoms with E-state index in [9.17, 15) is 4.79 Å². The topological polar surface area (TPSA) is 64.3 Å². The molecule has 1 atom stereocenters. The first kappa shape index (κ1) is 21.4.